The Morgan fingerprint density at radius 3 is 2.61 bits per heavy atom. The van der Waals surface area contributed by atoms with Crippen LogP contribution in [0.25, 0.3) is 5.70 Å². The van der Waals surface area contributed by atoms with Crippen molar-refractivity contribution in [1.29, 1.82) is 0 Å². The van der Waals surface area contributed by atoms with Crippen LogP contribution in [-0.2, 0) is 0 Å². The number of hydrogen-bond acceptors (Lipinski definition) is 4. The summed E-state index contributed by atoms with van der Waals surface area (Å²) in [6.07, 6.45) is 0. The highest BCUT2D eigenvalue weighted by atomic mass is 35.5. The van der Waals surface area contributed by atoms with Crippen LogP contribution in [0.15, 0.2) is 29.0 Å². The van der Waals surface area contributed by atoms with Gasteiger partial charge in [-0.05, 0) is 19.9 Å². The summed E-state index contributed by atoms with van der Waals surface area (Å²) in [5, 5.41) is 4.06. The van der Waals surface area contributed by atoms with Crippen LogP contribution in [0.4, 0.5) is 0 Å². The van der Waals surface area contributed by atoms with Gasteiger partial charge in [-0.1, -0.05) is 35.3 Å². The molecular weight excluding hydrogens is 335 g/mol. The molecule has 7 N–H and O–H groups in total. The number of rotatable bonds is 2. The molecule has 1 aromatic rings. The van der Waals surface area contributed by atoms with Crippen LogP contribution in [0.3, 0.4) is 0 Å². The van der Waals surface area contributed by atoms with Crippen LogP contribution in [0.2, 0.25) is 10.0 Å². The minimum absolute atomic E-state index is 0.112. The average Bonchev–Trinajstić information content (AvgIpc) is 2.48. The predicted molar refractivity (Wildman–Crippen MR) is 97.0 cm³/mol. The standard InChI is InChI=1S/C15H22Cl2N6/c1-15(2)8-21-6-7-23(15)14(20)22-13(19)12(18)9-4-3-5-10(16)11(9)17/h3-5,21H,6-8,18-19H2,1-2H3,(H2,20,22)/b13-12-. The summed E-state index contributed by atoms with van der Waals surface area (Å²) in [5.41, 5.74) is 18.8. The van der Waals surface area contributed by atoms with Crippen molar-refractivity contribution >= 4 is 34.9 Å². The number of nitrogens with one attached hydrogen (secondary N) is 1. The number of aliphatic imine (C=N–C) groups is 1. The monoisotopic (exact) mass is 356 g/mol. The number of guanidine groups is 1. The molecule has 1 heterocycles. The van der Waals surface area contributed by atoms with Gasteiger partial charge >= 0.3 is 0 Å². The zero-order valence-corrected chi connectivity index (χ0v) is 14.7. The minimum Gasteiger partial charge on any atom is -0.395 e. The van der Waals surface area contributed by atoms with Crippen LogP contribution in [0.5, 0.6) is 0 Å². The molecule has 1 aromatic carbocycles. The normalized spacial score (nSPS) is 19.5. The van der Waals surface area contributed by atoms with Crippen molar-refractivity contribution < 1.29 is 0 Å². The molecule has 0 aliphatic carbocycles. The van der Waals surface area contributed by atoms with Crippen LogP contribution in [0.1, 0.15) is 19.4 Å². The number of hydrogen-bond donors (Lipinski definition) is 4. The first-order valence-electron chi connectivity index (χ1n) is 7.26. The molecule has 0 aromatic heterocycles. The number of benzene rings is 1. The zero-order valence-electron chi connectivity index (χ0n) is 13.2. The van der Waals surface area contributed by atoms with Crippen LogP contribution >= 0.6 is 23.2 Å². The molecule has 0 radical (unpaired) electrons. The van der Waals surface area contributed by atoms with E-state index < -0.39 is 0 Å². The lowest BCUT2D eigenvalue weighted by atomic mass is 10.0. The molecule has 0 amide bonds. The first-order chi connectivity index (χ1) is 10.7. The molecule has 0 saturated carbocycles. The highest BCUT2D eigenvalue weighted by molar-refractivity contribution is 6.43. The van der Waals surface area contributed by atoms with Gasteiger partial charge in [0, 0.05) is 30.7 Å². The molecule has 0 unspecified atom stereocenters. The van der Waals surface area contributed by atoms with Crippen molar-refractivity contribution in [3.8, 4) is 0 Å². The Morgan fingerprint density at radius 2 is 1.96 bits per heavy atom. The second-order valence-electron chi connectivity index (χ2n) is 6.01. The van der Waals surface area contributed by atoms with Gasteiger partial charge in [-0.3, -0.25) is 0 Å². The molecule has 1 saturated heterocycles. The molecule has 0 atom stereocenters. The molecule has 1 aliphatic heterocycles. The van der Waals surface area contributed by atoms with E-state index in [4.69, 9.17) is 40.4 Å². The lowest BCUT2D eigenvalue weighted by Crippen LogP contribution is -2.61. The lowest BCUT2D eigenvalue weighted by molar-refractivity contribution is 0.171. The van der Waals surface area contributed by atoms with E-state index in [2.05, 4.69) is 24.2 Å². The van der Waals surface area contributed by atoms with Gasteiger partial charge in [-0.15, -0.1) is 0 Å². The van der Waals surface area contributed by atoms with Gasteiger partial charge in [0.15, 0.2) is 11.8 Å². The second-order valence-corrected chi connectivity index (χ2v) is 6.80. The van der Waals surface area contributed by atoms with Gasteiger partial charge in [-0.25, -0.2) is 0 Å². The van der Waals surface area contributed by atoms with Gasteiger partial charge in [0.25, 0.3) is 0 Å². The van der Waals surface area contributed by atoms with E-state index in [-0.39, 0.29) is 17.1 Å². The quantitative estimate of drug-likeness (QED) is 0.475. The molecule has 6 nitrogen and oxygen atoms in total. The van der Waals surface area contributed by atoms with E-state index >= 15 is 0 Å². The molecule has 0 bridgehead atoms. The number of halogens is 2. The summed E-state index contributed by atoms with van der Waals surface area (Å²) < 4.78 is 0. The third-order valence-electron chi connectivity index (χ3n) is 3.83. The van der Waals surface area contributed by atoms with Crippen molar-refractivity contribution in [3.05, 3.63) is 39.6 Å². The number of piperazine rings is 1. The number of nitrogens with zero attached hydrogens (tertiary/aromatic N) is 2. The minimum atomic E-state index is -0.158. The maximum absolute atomic E-state index is 6.16. The predicted octanol–water partition coefficient (Wildman–Crippen LogP) is 1.54. The molecular formula is C15H22Cl2N6. The first kappa shape index (κ1) is 17.7. The van der Waals surface area contributed by atoms with E-state index in [9.17, 15) is 0 Å². The topological polar surface area (TPSA) is 106 Å². The Bertz CT molecular complexity index is 653. The summed E-state index contributed by atoms with van der Waals surface area (Å²) in [6.45, 7) is 6.55. The Morgan fingerprint density at radius 1 is 1.26 bits per heavy atom. The fourth-order valence-electron chi connectivity index (χ4n) is 2.50. The zero-order chi connectivity index (χ0) is 17.2. The lowest BCUT2D eigenvalue weighted by Gasteiger charge is -2.43. The van der Waals surface area contributed by atoms with Crippen molar-refractivity contribution in [2.24, 2.45) is 22.2 Å². The SMILES string of the molecule is CC1(C)CNCCN1/C(N)=N/C(N)=C(\N)c1cccc(Cl)c1Cl. The van der Waals surface area contributed by atoms with E-state index in [1.54, 1.807) is 18.2 Å². The summed E-state index contributed by atoms with van der Waals surface area (Å²) in [6, 6.07) is 5.16. The van der Waals surface area contributed by atoms with Crippen molar-refractivity contribution in [2.75, 3.05) is 19.6 Å². The highest BCUT2D eigenvalue weighted by Crippen LogP contribution is 2.29. The Balaban J connectivity index is 2.34. The molecule has 1 fully saturated rings. The number of nitrogens with two attached hydrogens (primary N) is 3. The smallest absolute Gasteiger partial charge is 0.198 e. The van der Waals surface area contributed by atoms with E-state index in [1.165, 1.54) is 0 Å². The molecule has 0 spiro atoms. The highest BCUT2D eigenvalue weighted by Gasteiger charge is 2.31. The summed E-state index contributed by atoms with van der Waals surface area (Å²) in [7, 11) is 0. The van der Waals surface area contributed by atoms with Crippen molar-refractivity contribution in [3.63, 3.8) is 0 Å². The maximum atomic E-state index is 6.16. The Kier molecular flexibility index (Phi) is 5.29. The fourth-order valence-corrected chi connectivity index (χ4v) is 2.90. The van der Waals surface area contributed by atoms with Crippen LogP contribution in [-0.4, -0.2) is 36.0 Å². The molecule has 2 rings (SSSR count). The third kappa shape index (κ3) is 3.83. The van der Waals surface area contributed by atoms with Crippen molar-refractivity contribution in [1.82, 2.24) is 10.2 Å². The Hall–Kier alpha value is -1.63. The van der Waals surface area contributed by atoms with E-state index in [0.717, 1.165) is 19.6 Å². The first-order valence-corrected chi connectivity index (χ1v) is 8.02. The van der Waals surface area contributed by atoms with E-state index in [1.807, 2.05) is 4.90 Å². The fraction of sp³-hybridized carbons (Fsp3) is 0.400. The maximum Gasteiger partial charge on any atom is 0.198 e. The van der Waals surface area contributed by atoms with Crippen molar-refractivity contribution in [2.45, 2.75) is 19.4 Å². The van der Waals surface area contributed by atoms with Gasteiger partial charge in [-0.2, -0.15) is 4.99 Å². The molecule has 8 heteroatoms. The van der Waals surface area contributed by atoms with Crippen LogP contribution in [0, 0.1) is 0 Å². The van der Waals surface area contributed by atoms with Gasteiger partial charge < -0.3 is 27.4 Å². The third-order valence-corrected chi connectivity index (χ3v) is 4.65. The summed E-state index contributed by atoms with van der Waals surface area (Å²) >= 11 is 12.2. The molecule has 126 valence electrons. The second kappa shape index (κ2) is 6.86. The van der Waals surface area contributed by atoms with Gasteiger partial charge in [0.1, 0.15) is 0 Å². The average molecular weight is 357 g/mol. The Labute approximate surface area is 146 Å². The molecule has 23 heavy (non-hydrogen) atoms. The van der Waals surface area contributed by atoms with Gasteiger partial charge in [0.05, 0.1) is 15.7 Å². The van der Waals surface area contributed by atoms with Crippen LogP contribution < -0.4 is 22.5 Å². The summed E-state index contributed by atoms with van der Waals surface area (Å²) in [5.74, 6) is 0.441. The largest absolute Gasteiger partial charge is 0.395 e. The summed E-state index contributed by atoms with van der Waals surface area (Å²) in [4.78, 5) is 6.27. The van der Waals surface area contributed by atoms with Gasteiger partial charge in [0.2, 0.25) is 0 Å². The van der Waals surface area contributed by atoms with E-state index in [0.29, 0.717) is 21.6 Å². The molecule has 1 aliphatic rings.